The van der Waals surface area contributed by atoms with E-state index in [1.807, 2.05) is 12.1 Å². The zero-order valence-electron chi connectivity index (χ0n) is 7.12. The molecule has 1 rings (SSSR count). The van der Waals surface area contributed by atoms with Crippen molar-refractivity contribution in [3.63, 3.8) is 0 Å². The number of hydrogen-bond acceptors (Lipinski definition) is 3. The summed E-state index contributed by atoms with van der Waals surface area (Å²) in [5.41, 5.74) is 1.65. The van der Waals surface area contributed by atoms with Crippen LogP contribution in [0.2, 0.25) is 0 Å². The van der Waals surface area contributed by atoms with Crippen LogP contribution in [-0.4, -0.2) is 13.1 Å². The van der Waals surface area contributed by atoms with Crippen LogP contribution in [0.3, 0.4) is 0 Å². The third-order valence-electron chi connectivity index (χ3n) is 1.60. The summed E-state index contributed by atoms with van der Waals surface area (Å²) in [7, 11) is 8.09. The van der Waals surface area contributed by atoms with Gasteiger partial charge in [0, 0.05) is 5.75 Å². The molecule has 0 aromatic heterocycles. The molecule has 0 aliphatic heterocycles. The first-order valence-corrected chi connectivity index (χ1v) is 5.50. The van der Waals surface area contributed by atoms with Crippen LogP contribution >= 0.6 is 21.7 Å². The first kappa shape index (κ1) is 10.4. The summed E-state index contributed by atoms with van der Waals surface area (Å²) in [5, 5.41) is 0. The van der Waals surface area contributed by atoms with E-state index in [0.29, 0.717) is 5.56 Å². The van der Waals surface area contributed by atoms with Crippen LogP contribution in [0.25, 0.3) is 0 Å². The van der Waals surface area contributed by atoms with E-state index in [2.05, 4.69) is 4.74 Å². The number of carbonyl (C=O) groups is 1. The maximum atomic E-state index is 11.0. The second kappa shape index (κ2) is 5.14. The first-order chi connectivity index (χ1) is 6.27. The Morgan fingerprint density at radius 3 is 2.54 bits per heavy atom. The van der Waals surface area contributed by atoms with Crippen LogP contribution in [0.1, 0.15) is 15.9 Å². The molecule has 0 atom stereocenters. The van der Waals surface area contributed by atoms with Crippen LogP contribution in [-0.2, 0) is 10.5 Å². The van der Waals surface area contributed by atoms with Crippen molar-refractivity contribution < 1.29 is 9.53 Å². The van der Waals surface area contributed by atoms with E-state index in [9.17, 15) is 4.79 Å². The SMILES string of the molecule is COC(=O)c1ccc(CSCl)cc1. The fourth-order valence-electron chi connectivity index (χ4n) is 0.918. The standard InChI is InChI=1S/C9H9ClO2S/c1-12-9(11)8-4-2-7(3-5-8)6-13-10/h2-5H,6H2,1H3. The molecule has 0 amide bonds. The lowest BCUT2D eigenvalue weighted by Gasteiger charge is -2.00. The van der Waals surface area contributed by atoms with E-state index in [4.69, 9.17) is 10.7 Å². The fraction of sp³-hybridized carbons (Fsp3) is 0.222. The lowest BCUT2D eigenvalue weighted by Crippen LogP contribution is -2.00. The van der Waals surface area contributed by atoms with E-state index < -0.39 is 0 Å². The Morgan fingerprint density at radius 1 is 1.46 bits per heavy atom. The van der Waals surface area contributed by atoms with Crippen molar-refractivity contribution in [2.75, 3.05) is 7.11 Å². The molecule has 1 aromatic carbocycles. The van der Waals surface area contributed by atoms with Crippen LogP contribution in [0.4, 0.5) is 0 Å². The van der Waals surface area contributed by atoms with Gasteiger partial charge in [-0.2, -0.15) is 0 Å². The first-order valence-electron chi connectivity index (χ1n) is 3.68. The number of rotatable bonds is 3. The van der Waals surface area contributed by atoms with Crippen molar-refractivity contribution >= 4 is 27.6 Å². The Bertz CT molecular complexity index is 284. The highest BCUT2D eigenvalue weighted by molar-refractivity contribution is 8.20. The maximum absolute atomic E-state index is 11.0. The van der Waals surface area contributed by atoms with Crippen LogP contribution in [0.15, 0.2) is 24.3 Å². The number of hydrogen-bond donors (Lipinski definition) is 0. The average molecular weight is 217 g/mol. The molecule has 1 aromatic rings. The molecule has 0 aliphatic carbocycles. The van der Waals surface area contributed by atoms with E-state index in [-0.39, 0.29) is 5.97 Å². The lowest BCUT2D eigenvalue weighted by atomic mass is 10.1. The van der Waals surface area contributed by atoms with Crippen molar-refractivity contribution in [3.8, 4) is 0 Å². The second-order valence-corrected chi connectivity index (χ2v) is 3.60. The highest BCUT2D eigenvalue weighted by Gasteiger charge is 2.03. The summed E-state index contributed by atoms with van der Waals surface area (Å²) in [4.78, 5) is 11.0. The Labute approximate surface area is 85.7 Å². The van der Waals surface area contributed by atoms with Crippen LogP contribution in [0.5, 0.6) is 0 Å². The van der Waals surface area contributed by atoms with Gasteiger partial charge in [-0.3, -0.25) is 0 Å². The minimum absolute atomic E-state index is 0.315. The van der Waals surface area contributed by atoms with Gasteiger partial charge in [-0.15, -0.1) is 0 Å². The van der Waals surface area contributed by atoms with Crippen molar-refractivity contribution in [3.05, 3.63) is 35.4 Å². The number of halogens is 1. The van der Waals surface area contributed by atoms with Crippen molar-refractivity contribution in [1.29, 1.82) is 0 Å². The number of ether oxygens (including phenoxy) is 1. The topological polar surface area (TPSA) is 26.3 Å². The maximum Gasteiger partial charge on any atom is 0.337 e. The predicted molar refractivity (Wildman–Crippen MR) is 54.9 cm³/mol. The van der Waals surface area contributed by atoms with Gasteiger partial charge in [-0.1, -0.05) is 23.1 Å². The summed E-state index contributed by atoms with van der Waals surface area (Å²) in [6.07, 6.45) is 0. The van der Waals surface area contributed by atoms with Crippen LogP contribution in [0, 0.1) is 0 Å². The molecule has 0 aliphatic rings. The van der Waals surface area contributed by atoms with E-state index >= 15 is 0 Å². The molecule has 0 saturated carbocycles. The van der Waals surface area contributed by atoms with Gasteiger partial charge in [0.15, 0.2) is 0 Å². The third-order valence-corrected chi connectivity index (χ3v) is 2.37. The number of methoxy groups -OCH3 is 1. The Hall–Kier alpha value is -0.670. The monoisotopic (exact) mass is 216 g/mol. The second-order valence-electron chi connectivity index (χ2n) is 2.44. The minimum atomic E-state index is -0.315. The summed E-state index contributed by atoms with van der Waals surface area (Å²) >= 11 is 0. The summed E-state index contributed by atoms with van der Waals surface area (Å²) in [5.74, 6) is 0.424. The molecule has 13 heavy (non-hydrogen) atoms. The van der Waals surface area contributed by atoms with Gasteiger partial charge in [0.05, 0.1) is 12.7 Å². The molecule has 2 nitrogen and oxygen atoms in total. The Kier molecular flexibility index (Phi) is 4.12. The molecule has 0 unspecified atom stereocenters. The zero-order chi connectivity index (χ0) is 9.68. The quantitative estimate of drug-likeness (QED) is 0.727. The molecule has 0 spiro atoms. The lowest BCUT2D eigenvalue weighted by molar-refractivity contribution is 0.0601. The molecule has 0 N–H and O–H groups in total. The van der Waals surface area contributed by atoms with Crippen molar-refractivity contribution in [2.45, 2.75) is 5.75 Å². The van der Waals surface area contributed by atoms with Gasteiger partial charge in [0.25, 0.3) is 0 Å². The molecule has 4 heteroatoms. The average Bonchev–Trinajstić information content (AvgIpc) is 2.18. The third kappa shape index (κ3) is 2.94. The predicted octanol–water partition coefficient (Wildman–Crippen LogP) is 2.86. The smallest absolute Gasteiger partial charge is 0.337 e. The molecule has 0 bridgehead atoms. The van der Waals surface area contributed by atoms with Gasteiger partial charge < -0.3 is 4.74 Å². The van der Waals surface area contributed by atoms with E-state index in [1.54, 1.807) is 12.1 Å². The summed E-state index contributed by atoms with van der Waals surface area (Å²) in [6.45, 7) is 0. The van der Waals surface area contributed by atoms with E-state index in [1.165, 1.54) is 18.1 Å². The number of benzene rings is 1. The highest BCUT2D eigenvalue weighted by atomic mass is 35.7. The highest BCUT2D eigenvalue weighted by Crippen LogP contribution is 2.16. The largest absolute Gasteiger partial charge is 0.465 e. The van der Waals surface area contributed by atoms with E-state index in [0.717, 1.165) is 11.3 Å². The van der Waals surface area contributed by atoms with Gasteiger partial charge in [0.2, 0.25) is 0 Å². The summed E-state index contributed by atoms with van der Waals surface area (Å²) in [6, 6.07) is 7.19. The zero-order valence-corrected chi connectivity index (χ0v) is 8.69. The van der Waals surface area contributed by atoms with Gasteiger partial charge in [0.1, 0.15) is 0 Å². The number of esters is 1. The van der Waals surface area contributed by atoms with Crippen LogP contribution < -0.4 is 0 Å². The summed E-state index contributed by atoms with van der Waals surface area (Å²) < 4.78 is 4.57. The van der Waals surface area contributed by atoms with Crippen molar-refractivity contribution in [1.82, 2.24) is 0 Å². The molecular weight excluding hydrogens is 208 g/mol. The van der Waals surface area contributed by atoms with Gasteiger partial charge in [-0.25, -0.2) is 4.79 Å². The Balaban J connectivity index is 2.75. The molecule has 0 heterocycles. The Morgan fingerprint density at radius 2 is 2.08 bits per heavy atom. The normalized spacial score (nSPS) is 9.69. The molecule has 0 fully saturated rings. The molecular formula is C9H9ClO2S. The van der Waals surface area contributed by atoms with Gasteiger partial charge >= 0.3 is 5.97 Å². The molecule has 0 radical (unpaired) electrons. The molecule has 0 saturated heterocycles. The minimum Gasteiger partial charge on any atom is -0.465 e. The molecule has 70 valence electrons. The van der Waals surface area contributed by atoms with Gasteiger partial charge in [-0.05, 0) is 28.4 Å². The number of carbonyl (C=O) groups excluding carboxylic acids is 1. The fourth-order valence-corrected chi connectivity index (χ4v) is 1.61. The van der Waals surface area contributed by atoms with Crippen molar-refractivity contribution in [2.24, 2.45) is 0 Å².